The number of hydrogen-bond acceptors (Lipinski definition) is 3. The van der Waals surface area contributed by atoms with E-state index >= 15 is 0 Å². The molecule has 0 saturated heterocycles. The molecule has 1 aromatic rings. The van der Waals surface area contributed by atoms with Crippen molar-refractivity contribution in [3.8, 4) is 0 Å². The van der Waals surface area contributed by atoms with Crippen LogP contribution < -0.4 is 5.73 Å². The van der Waals surface area contributed by atoms with Crippen LogP contribution in [-0.2, 0) is 18.4 Å². The van der Waals surface area contributed by atoms with E-state index in [0.717, 1.165) is 31.5 Å². The number of nitrogens with zero attached hydrogens (tertiary/aromatic N) is 3. The topological polar surface area (TPSA) is 64.2 Å². The van der Waals surface area contributed by atoms with E-state index in [-0.39, 0.29) is 11.8 Å². The zero-order valence-electron chi connectivity index (χ0n) is 11.9. The summed E-state index contributed by atoms with van der Waals surface area (Å²) in [6.07, 6.45) is 7.73. The molecule has 1 fully saturated rings. The van der Waals surface area contributed by atoms with Crippen molar-refractivity contribution in [3.63, 3.8) is 0 Å². The van der Waals surface area contributed by atoms with Gasteiger partial charge in [0.1, 0.15) is 5.82 Å². The summed E-state index contributed by atoms with van der Waals surface area (Å²) in [5.41, 5.74) is 5.52. The van der Waals surface area contributed by atoms with Crippen LogP contribution in [0.15, 0.2) is 12.4 Å². The SMILES string of the molecule is CC(CCCN)C(=O)N(Cc1nccn1C)C1CC1. The van der Waals surface area contributed by atoms with E-state index < -0.39 is 0 Å². The summed E-state index contributed by atoms with van der Waals surface area (Å²) in [6, 6.07) is 0.421. The third-order valence-corrected chi connectivity index (χ3v) is 3.77. The van der Waals surface area contributed by atoms with Gasteiger partial charge in [0.15, 0.2) is 0 Å². The Morgan fingerprint density at radius 2 is 2.37 bits per heavy atom. The Morgan fingerprint density at radius 3 is 2.89 bits per heavy atom. The van der Waals surface area contributed by atoms with E-state index in [1.54, 1.807) is 6.20 Å². The van der Waals surface area contributed by atoms with Crippen molar-refractivity contribution in [2.24, 2.45) is 18.7 Å². The maximum atomic E-state index is 12.5. The fourth-order valence-corrected chi connectivity index (χ4v) is 2.30. The number of carbonyl (C=O) groups excluding carboxylic acids is 1. The molecule has 0 spiro atoms. The highest BCUT2D eigenvalue weighted by atomic mass is 16.2. The van der Waals surface area contributed by atoms with E-state index in [4.69, 9.17) is 5.73 Å². The van der Waals surface area contributed by atoms with E-state index in [2.05, 4.69) is 4.98 Å². The average Bonchev–Trinajstić information content (AvgIpc) is 3.16. The number of aryl methyl sites for hydroxylation is 1. The van der Waals surface area contributed by atoms with E-state index in [0.29, 0.717) is 19.1 Å². The van der Waals surface area contributed by atoms with Gasteiger partial charge >= 0.3 is 0 Å². The van der Waals surface area contributed by atoms with Gasteiger partial charge in [0.2, 0.25) is 5.91 Å². The van der Waals surface area contributed by atoms with Crippen LogP contribution in [0.3, 0.4) is 0 Å². The molecule has 1 unspecified atom stereocenters. The molecule has 0 bridgehead atoms. The lowest BCUT2D eigenvalue weighted by Crippen LogP contribution is -2.37. The summed E-state index contributed by atoms with van der Waals surface area (Å²) in [7, 11) is 1.97. The van der Waals surface area contributed by atoms with Crippen molar-refractivity contribution in [1.82, 2.24) is 14.5 Å². The van der Waals surface area contributed by atoms with Gasteiger partial charge in [-0.05, 0) is 32.2 Å². The largest absolute Gasteiger partial charge is 0.337 e. The van der Waals surface area contributed by atoms with E-state index in [9.17, 15) is 4.79 Å². The average molecular weight is 264 g/mol. The van der Waals surface area contributed by atoms with Crippen LogP contribution in [0.5, 0.6) is 0 Å². The molecule has 1 saturated carbocycles. The van der Waals surface area contributed by atoms with Gasteiger partial charge in [-0.2, -0.15) is 0 Å². The summed E-state index contributed by atoms with van der Waals surface area (Å²) in [5, 5.41) is 0. The van der Waals surface area contributed by atoms with Crippen LogP contribution in [0.1, 0.15) is 38.4 Å². The molecule has 19 heavy (non-hydrogen) atoms. The van der Waals surface area contributed by atoms with E-state index in [1.165, 1.54) is 0 Å². The van der Waals surface area contributed by atoms with Crippen molar-refractivity contribution in [3.05, 3.63) is 18.2 Å². The standard InChI is InChI=1S/C14H24N4O/c1-11(4-3-7-15)14(19)18(12-5-6-12)10-13-16-8-9-17(13)2/h8-9,11-12H,3-7,10,15H2,1-2H3. The van der Waals surface area contributed by atoms with Gasteiger partial charge in [0.25, 0.3) is 0 Å². The highest BCUT2D eigenvalue weighted by molar-refractivity contribution is 5.79. The Balaban J connectivity index is 1.99. The van der Waals surface area contributed by atoms with Crippen molar-refractivity contribution < 1.29 is 4.79 Å². The first-order chi connectivity index (χ1) is 9.13. The van der Waals surface area contributed by atoms with Crippen molar-refractivity contribution in [2.75, 3.05) is 6.54 Å². The second-order valence-electron chi connectivity index (χ2n) is 5.48. The molecule has 0 radical (unpaired) electrons. The Morgan fingerprint density at radius 1 is 1.63 bits per heavy atom. The molecule has 0 aromatic carbocycles. The number of hydrogen-bond donors (Lipinski definition) is 1. The predicted octanol–water partition coefficient (Wildman–Crippen LogP) is 1.29. The molecule has 1 amide bonds. The fraction of sp³-hybridized carbons (Fsp3) is 0.714. The molecule has 2 N–H and O–H groups in total. The molecule has 1 heterocycles. The number of carbonyl (C=O) groups is 1. The minimum absolute atomic E-state index is 0.0596. The van der Waals surface area contributed by atoms with Gasteiger partial charge in [0, 0.05) is 31.4 Å². The second kappa shape index (κ2) is 6.19. The lowest BCUT2D eigenvalue weighted by Gasteiger charge is -2.25. The zero-order chi connectivity index (χ0) is 13.8. The summed E-state index contributed by atoms with van der Waals surface area (Å²) in [4.78, 5) is 18.8. The molecule has 2 rings (SSSR count). The Kier molecular flexibility index (Phi) is 4.58. The first-order valence-electron chi connectivity index (χ1n) is 7.10. The lowest BCUT2D eigenvalue weighted by atomic mass is 10.0. The molecule has 1 aliphatic rings. The quantitative estimate of drug-likeness (QED) is 0.807. The van der Waals surface area contributed by atoms with Crippen LogP contribution in [0, 0.1) is 5.92 Å². The van der Waals surface area contributed by atoms with Gasteiger partial charge in [-0.15, -0.1) is 0 Å². The third-order valence-electron chi connectivity index (χ3n) is 3.77. The monoisotopic (exact) mass is 264 g/mol. The van der Waals surface area contributed by atoms with Crippen LogP contribution in [0.25, 0.3) is 0 Å². The van der Waals surface area contributed by atoms with Gasteiger partial charge in [-0.3, -0.25) is 4.79 Å². The number of imidazole rings is 1. The Hall–Kier alpha value is -1.36. The van der Waals surface area contributed by atoms with Crippen molar-refractivity contribution in [1.29, 1.82) is 0 Å². The molecule has 1 atom stereocenters. The zero-order valence-corrected chi connectivity index (χ0v) is 11.9. The number of aromatic nitrogens is 2. The highest BCUT2D eigenvalue weighted by Gasteiger charge is 2.34. The Bertz CT molecular complexity index is 425. The van der Waals surface area contributed by atoms with E-state index in [1.807, 2.05) is 29.6 Å². The molecular weight excluding hydrogens is 240 g/mol. The highest BCUT2D eigenvalue weighted by Crippen LogP contribution is 2.30. The van der Waals surface area contributed by atoms with Gasteiger partial charge in [-0.25, -0.2) is 4.98 Å². The van der Waals surface area contributed by atoms with Gasteiger partial charge in [-0.1, -0.05) is 6.92 Å². The molecule has 106 valence electrons. The third kappa shape index (κ3) is 3.56. The second-order valence-corrected chi connectivity index (χ2v) is 5.48. The molecular formula is C14H24N4O. The molecule has 1 aliphatic carbocycles. The van der Waals surface area contributed by atoms with Crippen molar-refractivity contribution in [2.45, 2.75) is 45.2 Å². The summed E-state index contributed by atoms with van der Waals surface area (Å²) < 4.78 is 1.98. The molecule has 5 heteroatoms. The summed E-state index contributed by atoms with van der Waals surface area (Å²) >= 11 is 0. The lowest BCUT2D eigenvalue weighted by molar-refractivity contribution is -0.136. The van der Waals surface area contributed by atoms with Crippen LogP contribution >= 0.6 is 0 Å². The molecule has 5 nitrogen and oxygen atoms in total. The Labute approximate surface area is 114 Å². The van der Waals surface area contributed by atoms with Crippen molar-refractivity contribution >= 4 is 5.91 Å². The van der Waals surface area contributed by atoms with Crippen LogP contribution in [0.4, 0.5) is 0 Å². The maximum absolute atomic E-state index is 12.5. The minimum atomic E-state index is 0.0596. The summed E-state index contributed by atoms with van der Waals surface area (Å²) in [6.45, 7) is 3.28. The van der Waals surface area contributed by atoms with Crippen LogP contribution in [0.2, 0.25) is 0 Å². The number of rotatable bonds is 7. The number of nitrogens with two attached hydrogens (primary N) is 1. The first kappa shape index (κ1) is 14.1. The smallest absolute Gasteiger partial charge is 0.226 e. The van der Waals surface area contributed by atoms with Gasteiger partial charge < -0.3 is 15.2 Å². The van der Waals surface area contributed by atoms with Gasteiger partial charge in [0.05, 0.1) is 6.54 Å². The molecule has 1 aromatic heterocycles. The first-order valence-corrected chi connectivity index (χ1v) is 7.10. The summed E-state index contributed by atoms with van der Waals surface area (Å²) in [5.74, 6) is 1.26. The fourth-order valence-electron chi connectivity index (χ4n) is 2.30. The predicted molar refractivity (Wildman–Crippen MR) is 74.2 cm³/mol. The maximum Gasteiger partial charge on any atom is 0.226 e. The normalized spacial score (nSPS) is 16.4. The minimum Gasteiger partial charge on any atom is -0.337 e. The number of amides is 1. The molecule has 0 aliphatic heterocycles. The van der Waals surface area contributed by atoms with Crippen LogP contribution in [-0.4, -0.2) is 32.9 Å².